The molecule has 4 N–H and O–H groups in total. The Morgan fingerprint density at radius 3 is 2.94 bits per heavy atom. The summed E-state index contributed by atoms with van der Waals surface area (Å²) >= 11 is 0. The third kappa shape index (κ3) is 2.80. The molecule has 0 radical (unpaired) electrons. The number of H-pyrrole nitrogens is 1. The second kappa shape index (κ2) is 5.24. The van der Waals surface area contributed by atoms with Crippen molar-refractivity contribution in [3.05, 3.63) is 58.3 Å². The van der Waals surface area contributed by atoms with Crippen LogP contribution >= 0.6 is 0 Å². The van der Waals surface area contributed by atoms with E-state index in [9.17, 15) is 9.59 Å². The SMILES string of the molecule is NCc1cccc(NC(=O)c2c[nH]c(=O)cn2)c1. The fourth-order valence-electron chi connectivity index (χ4n) is 1.44. The van der Waals surface area contributed by atoms with Crippen LogP contribution in [0.4, 0.5) is 5.69 Å². The van der Waals surface area contributed by atoms with E-state index in [1.807, 2.05) is 6.07 Å². The number of nitrogens with two attached hydrogens (primary N) is 1. The number of hydrogen-bond acceptors (Lipinski definition) is 4. The van der Waals surface area contributed by atoms with Gasteiger partial charge in [-0.05, 0) is 17.7 Å². The summed E-state index contributed by atoms with van der Waals surface area (Å²) < 4.78 is 0. The second-order valence-corrected chi connectivity index (χ2v) is 3.65. The van der Waals surface area contributed by atoms with Crippen molar-refractivity contribution in [3.8, 4) is 0 Å². The minimum atomic E-state index is -0.388. The van der Waals surface area contributed by atoms with Crippen molar-refractivity contribution in [1.82, 2.24) is 9.97 Å². The van der Waals surface area contributed by atoms with Gasteiger partial charge < -0.3 is 16.0 Å². The van der Waals surface area contributed by atoms with E-state index in [2.05, 4.69) is 15.3 Å². The zero-order chi connectivity index (χ0) is 13.0. The van der Waals surface area contributed by atoms with E-state index in [4.69, 9.17) is 5.73 Å². The van der Waals surface area contributed by atoms with Crippen LogP contribution in [-0.2, 0) is 6.54 Å². The molecule has 1 amide bonds. The summed E-state index contributed by atoms with van der Waals surface area (Å²) in [4.78, 5) is 28.7. The van der Waals surface area contributed by atoms with Crippen LogP contribution in [0.3, 0.4) is 0 Å². The molecule has 1 aromatic heterocycles. The lowest BCUT2D eigenvalue weighted by Crippen LogP contribution is -2.17. The number of carbonyl (C=O) groups is 1. The van der Waals surface area contributed by atoms with Gasteiger partial charge in [0.05, 0.1) is 6.20 Å². The molecule has 0 bridgehead atoms. The molecule has 2 rings (SSSR count). The highest BCUT2D eigenvalue weighted by molar-refractivity contribution is 6.02. The maximum atomic E-state index is 11.8. The molecule has 0 spiro atoms. The van der Waals surface area contributed by atoms with Crippen molar-refractivity contribution in [2.75, 3.05) is 5.32 Å². The molecule has 1 aromatic carbocycles. The molecule has 0 aliphatic rings. The number of carbonyl (C=O) groups excluding carboxylic acids is 1. The number of nitrogens with one attached hydrogen (secondary N) is 2. The summed E-state index contributed by atoms with van der Waals surface area (Å²) in [6, 6.07) is 7.21. The standard InChI is InChI=1S/C12H12N4O2/c13-5-8-2-1-3-9(4-8)16-12(18)10-6-15-11(17)7-14-10/h1-4,6-7H,5,13H2,(H,15,17)(H,16,18). The summed E-state index contributed by atoms with van der Waals surface area (Å²) in [5.74, 6) is -0.388. The topological polar surface area (TPSA) is 101 Å². The summed E-state index contributed by atoms with van der Waals surface area (Å²) in [6.45, 7) is 0.403. The molecule has 0 saturated heterocycles. The first-order chi connectivity index (χ1) is 8.69. The molecule has 6 heteroatoms. The van der Waals surface area contributed by atoms with Crippen molar-refractivity contribution in [3.63, 3.8) is 0 Å². The van der Waals surface area contributed by atoms with E-state index in [0.29, 0.717) is 12.2 Å². The van der Waals surface area contributed by atoms with Gasteiger partial charge in [0.15, 0.2) is 0 Å². The predicted octanol–water partition coefficient (Wildman–Crippen LogP) is 0.481. The maximum Gasteiger partial charge on any atom is 0.275 e. The molecular weight excluding hydrogens is 232 g/mol. The van der Waals surface area contributed by atoms with Crippen molar-refractivity contribution >= 4 is 11.6 Å². The van der Waals surface area contributed by atoms with E-state index in [1.54, 1.807) is 18.2 Å². The molecule has 2 aromatic rings. The zero-order valence-corrected chi connectivity index (χ0v) is 9.51. The largest absolute Gasteiger partial charge is 0.326 e. The normalized spacial score (nSPS) is 10.1. The number of rotatable bonds is 3. The molecule has 0 aliphatic heterocycles. The van der Waals surface area contributed by atoms with Gasteiger partial charge in [0.25, 0.3) is 11.5 Å². The fourth-order valence-corrected chi connectivity index (χ4v) is 1.44. The smallest absolute Gasteiger partial charge is 0.275 e. The highest BCUT2D eigenvalue weighted by Gasteiger charge is 2.07. The third-order valence-corrected chi connectivity index (χ3v) is 2.33. The summed E-state index contributed by atoms with van der Waals surface area (Å²) in [5, 5.41) is 2.67. The van der Waals surface area contributed by atoms with Crippen molar-refractivity contribution in [2.24, 2.45) is 5.73 Å². The van der Waals surface area contributed by atoms with Gasteiger partial charge in [0.2, 0.25) is 0 Å². The number of anilines is 1. The molecule has 1 heterocycles. The van der Waals surface area contributed by atoms with Gasteiger partial charge in [-0.25, -0.2) is 4.98 Å². The molecule has 92 valence electrons. The van der Waals surface area contributed by atoms with Crippen molar-refractivity contribution in [1.29, 1.82) is 0 Å². The van der Waals surface area contributed by atoms with E-state index in [1.165, 1.54) is 6.20 Å². The Morgan fingerprint density at radius 2 is 2.28 bits per heavy atom. The molecule has 0 atom stereocenters. The Balaban J connectivity index is 2.15. The molecule has 0 fully saturated rings. The van der Waals surface area contributed by atoms with Crippen LogP contribution in [0, 0.1) is 0 Å². The van der Waals surface area contributed by atoms with Gasteiger partial charge in [-0.2, -0.15) is 0 Å². The van der Waals surface area contributed by atoms with Crippen LogP contribution in [0.1, 0.15) is 16.1 Å². The second-order valence-electron chi connectivity index (χ2n) is 3.65. The first-order valence-electron chi connectivity index (χ1n) is 5.34. The molecule has 0 unspecified atom stereocenters. The van der Waals surface area contributed by atoms with E-state index in [-0.39, 0.29) is 17.2 Å². The average Bonchev–Trinajstić information content (AvgIpc) is 2.39. The highest BCUT2D eigenvalue weighted by Crippen LogP contribution is 2.10. The monoisotopic (exact) mass is 244 g/mol. The minimum Gasteiger partial charge on any atom is -0.326 e. The average molecular weight is 244 g/mol. The number of nitrogens with zero attached hydrogens (tertiary/aromatic N) is 1. The van der Waals surface area contributed by atoms with Crippen LogP contribution < -0.4 is 16.6 Å². The molecule has 18 heavy (non-hydrogen) atoms. The Labute approximate surface area is 103 Å². The quantitative estimate of drug-likeness (QED) is 0.731. The molecule has 0 saturated carbocycles. The van der Waals surface area contributed by atoms with E-state index < -0.39 is 0 Å². The lowest BCUT2D eigenvalue weighted by molar-refractivity contribution is 0.102. The van der Waals surface area contributed by atoms with Gasteiger partial charge in [-0.15, -0.1) is 0 Å². The summed E-state index contributed by atoms with van der Waals surface area (Å²) in [6.07, 6.45) is 2.33. The van der Waals surface area contributed by atoms with Gasteiger partial charge in [-0.3, -0.25) is 9.59 Å². The van der Waals surface area contributed by atoms with Gasteiger partial charge in [0, 0.05) is 18.4 Å². The summed E-state index contributed by atoms with van der Waals surface area (Å²) in [7, 11) is 0. The van der Waals surface area contributed by atoms with Gasteiger partial charge in [-0.1, -0.05) is 12.1 Å². The Hall–Kier alpha value is -2.47. The maximum absolute atomic E-state index is 11.8. The van der Waals surface area contributed by atoms with E-state index >= 15 is 0 Å². The Bertz CT molecular complexity index is 601. The van der Waals surface area contributed by atoms with E-state index in [0.717, 1.165) is 11.8 Å². The molecule has 6 nitrogen and oxygen atoms in total. The van der Waals surface area contributed by atoms with Gasteiger partial charge >= 0.3 is 0 Å². The highest BCUT2D eigenvalue weighted by atomic mass is 16.2. The predicted molar refractivity (Wildman–Crippen MR) is 67.1 cm³/mol. The molecule has 0 aliphatic carbocycles. The number of hydrogen-bond donors (Lipinski definition) is 3. The zero-order valence-electron chi connectivity index (χ0n) is 9.51. The number of aromatic nitrogens is 2. The number of amides is 1. The number of benzene rings is 1. The first kappa shape index (κ1) is 12.0. The first-order valence-corrected chi connectivity index (χ1v) is 5.34. The van der Waals surface area contributed by atoms with Crippen molar-refractivity contribution in [2.45, 2.75) is 6.54 Å². The van der Waals surface area contributed by atoms with Crippen LogP contribution in [0.25, 0.3) is 0 Å². The Morgan fingerprint density at radius 1 is 1.44 bits per heavy atom. The van der Waals surface area contributed by atoms with Crippen LogP contribution in [0.5, 0.6) is 0 Å². The lowest BCUT2D eigenvalue weighted by Gasteiger charge is -2.05. The summed E-state index contributed by atoms with van der Waals surface area (Å²) in [5.41, 5.74) is 6.86. The van der Waals surface area contributed by atoms with Crippen LogP contribution in [0.2, 0.25) is 0 Å². The fraction of sp³-hybridized carbons (Fsp3) is 0.0833. The minimum absolute atomic E-state index is 0.146. The number of aromatic amines is 1. The lowest BCUT2D eigenvalue weighted by atomic mass is 10.2. The van der Waals surface area contributed by atoms with Crippen LogP contribution in [-0.4, -0.2) is 15.9 Å². The van der Waals surface area contributed by atoms with Crippen molar-refractivity contribution < 1.29 is 4.79 Å². The Kier molecular flexibility index (Phi) is 3.49. The van der Waals surface area contributed by atoms with Crippen LogP contribution in [0.15, 0.2) is 41.5 Å². The molecular formula is C12H12N4O2. The third-order valence-electron chi connectivity index (χ3n) is 2.33. The van der Waals surface area contributed by atoms with Gasteiger partial charge in [0.1, 0.15) is 5.69 Å².